The number of ether oxygens (including phenoxy) is 2. The molecular formula is C24H33N3O4. The molecule has 2 heterocycles. The normalized spacial score (nSPS) is 25.9. The number of hydrogen-bond acceptors (Lipinski definition) is 5. The van der Waals surface area contributed by atoms with E-state index < -0.39 is 5.97 Å². The molecule has 2 aromatic rings. The number of carbonyl (C=O) groups excluding carboxylic acids is 2. The molecule has 1 saturated heterocycles. The number of benzene rings is 1. The van der Waals surface area contributed by atoms with Crippen molar-refractivity contribution in [3.8, 4) is 5.75 Å². The van der Waals surface area contributed by atoms with Gasteiger partial charge in [0.1, 0.15) is 11.4 Å². The predicted molar refractivity (Wildman–Crippen MR) is 121 cm³/mol. The molecule has 4 rings (SSSR count). The predicted octanol–water partition coefficient (Wildman–Crippen LogP) is 4.19. The minimum absolute atomic E-state index is 0.133. The molecule has 1 amide bonds. The molecule has 3 atom stereocenters. The van der Waals surface area contributed by atoms with Crippen LogP contribution in [0.5, 0.6) is 5.75 Å². The molecule has 1 aliphatic carbocycles. The zero-order valence-electron chi connectivity index (χ0n) is 19.3. The fraction of sp³-hybridized carbons (Fsp3) is 0.583. The third-order valence-corrected chi connectivity index (χ3v) is 6.98. The highest BCUT2D eigenvalue weighted by atomic mass is 16.5. The summed E-state index contributed by atoms with van der Waals surface area (Å²) in [6.45, 7) is 9.86. The van der Waals surface area contributed by atoms with Crippen molar-refractivity contribution in [2.24, 2.45) is 10.8 Å². The average molecular weight is 428 g/mol. The number of aromatic amines is 1. The summed E-state index contributed by atoms with van der Waals surface area (Å²) in [5.41, 5.74) is 1.85. The second kappa shape index (κ2) is 7.55. The van der Waals surface area contributed by atoms with Crippen molar-refractivity contribution in [1.29, 1.82) is 0 Å². The van der Waals surface area contributed by atoms with Crippen LogP contribution in [0.2, 0.25) is 0 Å². The van der Waals surface area contributed by atoms with E-state index in [1.54, 1.807) is 7.11 Å². The van der Waals surface area contributed by atoms with Crippen LogP contribution in [0.3, 0.4) is 0 Å². The lowest BCUT2D eigenvalue weighted by molar-refractivity contribution is -0.121. The number of carbonyl (C=O) groups is 2. The third-order valence-electron chi connectivity index (χ3n) is 6.98. The van der Waals surface area contributed by atoms with Gasteiger partial charge in [-0.25, -0.2) is 4.79 Å². The zero-order valence-corrected chi connectivity index (χ0v) is 19.3. The van der Waals surface area contributed by atoms with Crippen LogP contribution < -0.4 is 10.1 Å². The van der Waals surface area contributed by atoms with Crippen LogP contribution >= 0.6 is 0 Å². The quantitative estimate of drug-likeness (QED) is 0.699. The van der Waals surface area contributed by atoms with Gasteiger partial charge >= 0.3 is 5.97 Å². The van der Waals surface area contributed by atoms with E-state index in [0.29, 0.717) is 28.4 Å². The van der Waals surface area contributed by atoms with Gasteiger partial charge in [-0.3, -0.25) is 9.69 Å². The molecule has 168 valence electrons. The van der Waals surface area contributed by atoms with E-state index in [-0.39, 0.29) is 28.5 Å². The van der Waals surface area contributed by atoms with Gasteiger partial charge in [-0.2, -0.15) is 0 Å². The highest BCUT2D eigenvalue weighted by Crippen LogP contribution is 2.53. The Morgan fingerprint density at radius 2 is 1.97 bits per heavy atom. The molecule has 7 nitrogen and oxygen atoms in total. The van der Waals surface area contributed by atoms with Crippen LogP contribution in [0.15, 0.2) is 18.2 Å². The van der Waals surface area contributed by atoms with Crippen LogP contribution in [0.1, 0.15) is 57.4 Å². The maximum absolute atomic E-state index is 13.4. The van der Waals surface area contributed by atoms with Gasteiger partial charge in [0.2, 0.25) is 5.91 Å². The van der Waals surface area contributed by atoms with E-state index >= 15 is 0 Å². The summed E-state index contributed by atoms with van der Waals surface area (Å²) >= 11 is 0. The largest absolute Gasteiger partial charge is 0.496 e. The van der Waals surface area contributed by atoms with Crippen LogP contribution in [0.25, 0.3) is 10.9 Å². The first-order chi connectivity index (χ1) is 14.6. The van der Waals surface area contributed by atoms with Gasteiger partial charge in [0.15, 0.2) is 0 Å². The van der Waals surface area contributed by atoms with E-state index in [0.717, 1.165) is 19.4 Å². The molecule has 1 saturated carbocycles. The Morgan fingerprint density at radius 1 is 1.23 bits per heavy atom. The Hall–Kier alpha value is -2.54. The minimum atomic E-state index is -0.535. The van der Waals surface area contributed by atoms with Crippen molar-refractivity contribution >= 4 is 28.5 Å². The number of fused-ring (bicyclic) bond motifs is 3. The lowest BCUT2D eigenvalue weighted by Crippen LogP contribution is -2.45. The van der Waals surface area contributed by atoms with Crippen LogP contribution in [0, 0.1) is 10.8 Å². The summed E-state index contributed by atoms with van der Waals surface area (Å²) in [6.07, 6.45) is 3.39. The lowest BCUT2D eigenvalue weighted by Gasteiger charge is -2.40. The molecule has 2 aliphatic rings. The number of nitrogens with one attached hydrogen (secondary N) is 2. The van der Waals surface area contributed by atoms with Crippen molar-refractivity contribution in [1.82, 2.24) is 9.88 Å². The van der Waals surface area contributed by atoms with Gasteiger partial charge in [-0.05, 0) is 49.1 Å². The molecule has 7 heteroatoms. The molecule has 1 aromatic heterocycles. The molecule has 2 fully saturated rings. The van der Waals surface area contributed by atoms with Crippen molar-refractivity contribution in [2.75, 3.05) is 26.1 Å². The first kappa shape index (κ1) is 21.7. The summed E-state index contributed by atoms with van der Waals surface area (Å²) in [5, 5.41) is 3.69. The van der Waals surface area contributed by atoms with Gasteiger partial charge in [0.25, 0.3) is 0 Å². The standard InChI is InChI=1S/C24H33N3O4/c1-14(27-13-24(4)11-15(27)10-23(2,3)12-24)21(28)26-19-18-16(8-7-9-17(18)30-5)25-20(19)22(29)31-6/h7-9,14-15,25H,10-13H2,1-6H3,(H,26,28)/t14-,15+,24-/m1/s1. The molecule has 0 spiro atoms. The molecule has 31 heavy (non-hydrogen) atoms. The van der Waals surface area contributed by atoms with Gasteiger partial charge in [-0.15, -0.1) is 0 Å². The summed E-state index contributed by atoms with van der Waals surface area (Å²) in [5.74, 6) is -0.0865. The third kappa shape index (κ3) is 3.80. The smallest absolute Gasteiger partial charge is 0.356 e. The fourth-order valence-corrected chi connectivity index (χ4v) is 6.10. The fourth-order valence-electron chi connectivity index (χ4n) is 6.10. The Balaban J connectivity index is 1.65. The zero-order chi connectivity index (χ0) is 22.6. The molecule has 0 radical (unpaired) electrons. The summed E-state index contributed by atoms with van der Waals surface area (Å²) in [4.78, 5) is 31.2. The molecule has 1 aliphatic heterocycles. The number of esters is 1. The number of H-pyrrole nitrogens is 1. The SMILES string of the molecule is COC(=O)c1[nH]c2cccc(OC)c2c1NC(=O)[C@@H](C)N1C[C@]2(C)C[C@@H]1CC(C)(C)C2. The lowest BCUT2D eigenvalue weighted by atomic mass is 9.65. The van der Waals surface area contributed by atoms with Gasteiger partial charge in [-0.1, -0.05) is 26.8 Å². The molecule has 0 unspecified atom stereocenters. The van der Waals surface area contributed by atoms with E-state index in [1.165, 1.54) is 13.5 Å². The Morgan fingerprint density at radius 3 is 2.65 bits per heavy atom. The number of likely N-dealkylation sites (tertiary alicyclic amines) is 1. The van der Waals surface area contributed by atoms with Crippen LogP contribution in [-0.2, 0) is 9.53 Å². The Bertz CT molecular complexity index is 1030. The van der Waals surface area contributed by atoms with Gasteiger partial charge < -0.3 is 19.8 Å². The van der Waals surface area contributed by atoms with E-state index in [4.69, 9.17) is 9.47 Å². The van der Waals surface area contributed by atoms with Crippen molar-refractivity contribution in [2.45, 2.75) is 59.0 Å². The van der Waals surface area contributed by atoms with Gasteiger partial charge in [0, 0.05) is 12.6 Å². The number of amides is 1. The molecular weight excluding hydrogens is 394 g/mol. The monoisotopic (exact) mass is 427 g/mol. The van der Waals surface area contributed by atoms with Crippen molar-refractivity contribution < 1.29 is 19.1 Å². The summed E-state index contributed by atoms with van der Waals surface area (Å²) in [7, 11) is 2.90. The maximum Gasteiger partial charge on any atom is 0.356 e. The Labute approximate surface area is 183 Å². The molecule has 2 N–H and O–H groups in total. The van der Waals surface area contributed by atoms with Crippen molar-refractivity contribution in [3.05, 3.63) is 23.9 Å². The topological polar surface area (TPSA) is 83.7 Å². The second-order valence-electron chi connectivity index (χ2n) is 10.3. The Kier molecular flexibility index (Phi) is 5.28. The molecule has 1 aromatic carbocycles. The number of methoxy groups -OCH3 is 2. The summed E-state index contributed by atoms with van der Waals surface area (Å²) in [6, 6.07) is 5.57. The van der Waals surface area contributed by atoms with Crippen LogP contribution in [-0.4, -0.2) is 54.6 Å². The second-order valence-corrected chi connectivity index (χ2v) is 10.3. The average Bonchev–Trinajstić information content (AvgIpc) is 3.19. The highest BCUT2D eigenvalue weighted by molar-refractivity contribution is 6.13. The number of hydrogen-bond donors (Lipinski definition) is 2. The van der Waals surface area contributed by atoms with E-state index in [9.17, 15) is 9.59 Å². The van der Waals surface area contributed by atoms with Crippen molar-refractivity contribution in [3.63, 3.8) is 0 Å². The number of nitrogens with zero attached hydrogens (tertiary/aromatic N) is 1. The molecule has 2 bridgehead atoms. The number of anilines is 1. The minimum Gasteiger partial charge on any atom is -0.496 e. The van der Waals surface area contributed by atoms with Crippen LogP contribution in [0.4, 0.5) is 5.69 Å². The number of rotatable bonds is 5. The first-order valence-corrected chi connectivity index (χ1v) is 10.9. The first-order valence-electron chi connectivity index (χ1n) is 10.9. The summed E-state index contributed by atoms with van der Waals surface area (Å²) < 4.78 is 10.4. The van der Waals surface area contributed by atoms with E-state index in [2.05, 4.69) is 36.0 Å². The van der Waals surface area contributed by atoms with Gasteiger partial charge in [0.05, 0.1) is 36.9 Å². The maximum atomic E-state index is 13.4. The highest BCUT2D eigenvalue weighted by Gasteiger charge is 2.51. The number of aromatic nitrogens is 1. The van der Waals surface area contributed by atoms with E-state index in [1.807, 2.05) is 25.1 Å².